The molecule has 0 saturated heterocycles. The molecule has 1 heterocycles. The van der Waals surface area contributed by atoms with Crippen LogP contribution in [-0.2, 0) is 10.0 Å². The van der Waals surface area contributed by atoms with Gasteiger partial charge in [-0.3, -0.25) is 0 Å². The van der Waals surface area contributed by atoms with Gasteiger partial charge in [-0.1, -0.05) is 0 Å². The molecule has 1 aromatic heterocycles. The number of aromatic nitrogens is 2. The lowest BCUT2D eigenvalue weighted by atomic mass is 10.1. The molecule has 2 N–H and O–H groups in total. The van der Waals surface area contributed by atoms with Gasteiger partial charge in [0.05, 0.1) is 12.4 Å². The quantitative estimate of drug-likeness (QED) is 0.764. The van der Waals surface area contributed by atoms with Crippen LogP contribution in [-0.4, -0.2) is 56.0 Å². The first-order valence-electron chi connectivity index (χ1n) is 6.42. The summed E-state index contributed by atoms with van der Waals surface area (Å²) >= 11 is 0. The van der Waals surface area contributed by atoms with Crippen molar-refractivity contribution in [1.29, 1.82) is 0 Å². The summed E-state index contributed by atoms with van der Waals surface area (Å²) in [7, 11) is 0.223. The van der Waals surface area contributed by atoms with Crippen molar-refractivity contribution in [3.05, 3.63) is 12.4 Å². The number of anilines is 1. The van der Waals surface area contributed by atoms with Crippen LogP contribution >= 0.6 is 0 Å². The first-order chi connectivity index (χ1) is 9.19. The van der Waals surface area contributed by atoms with Gasteiger partial charge >= 0.3 is 0 Å². The van der Waals surface area contributed by atoms with Gasteiger partial charge in [-0.25, -0.2) is 23.1 Å². The van der Waals surface area contributed by atoms with E-state index in [0.29, 0.717) is 19.0 Å². The average Bonchev–Trinajstić information content (AvgIpc) is 2.38. The van der Waals surface area contributed by atoms with Crippen LogP contribution in [0.15, 0.2) is 17.3 Å². The minimum Gasteiger partial charge on any atom is -0.355 e. The molecular weight excluding hydrogens is 278 g/mol. The van der Waals surface area contributed by atoms with E-state index in [0.717, 1.165) is 0 Å². The summed E-state index contributed by atoms with van der Waals surface area (Å²) in [5, 5.41) is 2.91. The van der Waals surface area contributed by atoms with E-state index in [4.69, 9.17) is 0 Å². The zero-order valence-electron chi connectivity index (χ0n) is 12.6. The van der Waals surface area contributed by atoms with Crippen molar-refractivity contribution in [2.75, 3.05) is 32.5 Å². The monoisotopic (exact) mass is 301 g/mol. The van der Waals surface area contributed by atoms with E-state index in [1.54, 1.807) is 0 Å². The van der Waals surface area contributed by atoms with E-state index >= 15 is 0 Å². The number of hydrogen-bond donors (Lipinski definition) is 2. The van der Waals surface area contributed by atoms with Gasteiger partial charge in [0.25, 0.3) is 0 Å². The highest BCUT2D eigenvalue weighted by Crippen LogP contribution is 2.12. The lowest BCUT2D eigenvalue weighted by molar-refractivity contribution is 0.199. The second kappa shape index (κ2) is 6.47. The van der Waals surface area contributed by atoms with E-state index in [1.807, 2.05) is 39.8 Å². The van der Waals surface area contributed by atoms with Crippen molar-refractivity contribution in [3.8, 4) is 0 Å². The Labute approximate surface area is 120 Å². The van der Waals surface area contributed by atoms with Crippen molar-refractivity contribution < 1.29 is 8.42 Å². The molecule has 0 fully saturated rings. The first kappa shape index (κ1) is 16.8. The number of sulfonamides is 1. The molecule has 0 aliphatic heterocycles. The third-order valence-electron chi connectivity index (χ3n) is 3.18. The van der Waals surface area contributed by atoms with Gasteiger partial charge in [0, 0.05) is 18.6 Å². The summed E-state index contributed by atoms with van der Waals surface area (Å²) in [6.45, 7) is 6.82. The Hall–Kier alpha value is -1.25. The molecule has 0 bridgehead atoms. The zero-order valence-corrected chi connectivity index (χ0v) is 13.5. The van der Waals surface area contributed by atoms with E-state index in [-0.39, 0.29) is 10.4 Å². The van der Waals surface area contributed by atoms with Crippen LogP contribution in [0.1, 0.15) is 20.8 Å². The van der Waals surface area contributed by atoms with E-state index in [2.05, 4.69) is 20.0 Å². The van der Waals surface area contributed by atoms with Crippen LogP contribution in [0.3, 0.4) is 0 Å². The standard InChI is InChI=1S/C12H23N5O2S/c1-6-13-11-14-7-10(8-15-11)20(18,19)16-9-12(2,3)17(4)5/h7-8,16H,6,9H2,1-5H3,(H,13,14,15). The van der Waals surface area contributed by atoms with Crippen molar-refractivity contribution in [1.82, 2.24) is 19.6 Å². The predicted molar refractivity (Wildman–Crippen MR) is 79.2 cm³/mol. The van der Waals surface area contributed by atoms with Crippen LogP contribution in [0.4, 0.5) is 5.95 Å². The predicted octanol–water partition coefficient (Wildman–Crippen LogP) is 0.527. The minimum absolute atomic E-state index is 0.0636. The summed E-state index contributed by atoms with van der Waals surface area (Å²) in [5.41, 5.74) is -0.280. The highest BCUT2D eigenvalue weighted by molar-refractivity contribution is 7.89. The molecule has 0 unspecified atom stereocenters. The van der Waals surface area contributed by atoms with Gasteiger partial charge in [-0.05, 0) is 34.9 Å². The molecule has 114 valence electrons. The maximum absolute atomic E-state index is 12.1. The van der Waals surface area contributed by atoms with Gasteiger partial charge in [0.2, 0.25) is 16.0 Å². The molecular formula is C12H23N5O2S. The largest absolute Gasteiger partial charge is 0.355 e. The molecule has 1 rings (SSSR count). The lowest BCUT2D eigenvalue weighted by Gasteiger charge is -2.32. The fraction of sp³-hybridized carbons (Fsp3) is 0.667. The molecule has 0 aliphatic carbocycles. The van der Waals surface area contributed by atoms with Gasteiger partial charge in [-0.15, -0.1) is 0 Å². The zero-order chi connectivity index (χ0) is 15.4. The number of hydrogen-bond acceptors (Lipinski definition) is 6. The Morgan fingerprint density at radius 3 is 2.25 bits per heavy atom. The smallest absolute Gasteiger partial charge is 0.243 e. The molecule has 0 atom stereocenters. The van der Waals surface area contributed by atoms with Crippen LogP contribution in [0.5, 0.6) is 0 Å². The highest BCUT2D eigenvalue weighted by Gasteiger charge is 2.24. The molecule has 0 amide bonds. The second-order valence-corrected chi connectivity index (χ2v) is 7.07. The van der Waals surface area contributed by atoms with Crippen LogP contribution in [0, 0.1) is 0 Å². The second-order valence-electron chi connectivity index (χ2n) is 5.30. The molecule has 8 heteroatoms. The molecule has 20 heavy (non-hydrogen) atoms. The van der Waals surface area contributed by atoms with Gasteiger partial charge in [0.1, 0.15) is 4.90 Å². The average molecular weight is 301 g/mol. The SMILES string of the molecule is CCNc1ncc(S(=O)(=O)NCC(C)(C)N(C)C)cn1. The Balaban J connectivity index is 2.79. The van der Waals surface area contributed by atoms with Crippen molar-refractivity contribution >= 4 is 16.0 Å². The van der Waals surface area contributed by atoms with Crippen LogP contribution in [0.2, 0.25) is 0 Å². The number of nitrogens with one attached hydrogen (secondary N) is 2. The first-order valence-corrected chi connectivity index (χ1v) is 7.90. The van der Waals surface area contributed by atoms with Crippen molar-refractivity contribution in [2.24, 2.45) is 0 Å². The third-order valence-corrected chi connectivity index (χ3v) is 4.53. The molecule has 0 aliphatic rings. The summed E-state index contributed by atoms with van der Waals surface area (Å²) in [5.74, 6) is 0.417. The van der Waals surface area contributed by atoms with Crippen LogP contribution < -0.4 is 10.0 Å². The molecule has 0 spiro atoms. The van der Waals surface area contributed by atoms with E-state index in [9.17, 15) is 8.42 Å². The Morgan fingerprint density at radius 1 is 1.25 bits per heavy atom. The number of rotatable bonds is 7. The normalized spacial score (nSPS) is 12.7. The summed E-state index contributed by atoms with van der Waals surface area (Å²) in [6, 6.07) is 0. The van der Waals surface area contributed by atoms with E-state index in [1.165, 1.54) is 12.4 Å². The fourth-order valence-electron chi connectivity index (χ4n) is 1.22. The van der Waals surface area contributed by atoms with Gasteiger partial charge < -0.3 is 10.2 Å². The van der Waals surface area contributed by atoms with Crippen molar-refractivity contribution in [3.63, 3.8) is 0 Å². The maximum Gasteiger partial charge on any atom is 0.243 e. The van der Waals surface area contributed by atoms with Gasteiger partial charge in [0.15, 0.2) is 0 Å². The Morgan fingerprint density at radius 2 is 1.80 bits per heavy atom. The van der Waals surface area contributed by atoms with E-state index < -0.39 is 10.0 Å². The summed E-state index contributed by atoms with van der Waals surface area (Å²) in [4.78, 5) is 9.95. The maximum atomic E-state index is 12.1. The third kappa shape index (κ3) is 4.39. The molecule has 0 aromatic carbocycles. The van der Waals surface area contributed by atoms with Crippen LogP contribution in [0.25, 0.3) is 0 Å². The van der Waals surface area contributed by atoms with Gasteiger partial charge in [-0.2, -0.15) is 0 Å². The molecule has 0 saturated carbocycles. The number of likely N-dealkylation sites (N-methyl/N-ethyl adjacent to an activating group) is 1. The summed E-state index contributed by atoms with van der Waals surface area (Å²) < 4.78 is 26.9. The molecule has 0 radical (unpaired) electrons. The Bertz CT molecular complexity index is 525. The number of nitrogens with zero attached hydrogens (tertiary/aromatic N) is 3. The van der Waals surface area contributed by atoms with Crippen molar-refractivity contribution in [2.45, 2.75) is 31.2 Å². The molecule has 7 nitrogen and oxygen atoms in total. The molecule has 1 aromatic rings. The topological polar surface area (TPSA) is 87.2 Å². The highest BCUT2D eigenvalue weighted by atomic mass is 32.2. The lowest BCUT2D eigenvalue weighted by Crippen LogP contribution is -2.48. The Kier molecular flexibility index (Phi) is 5.43. The minimum atomic E-state index is -3.59. The fourth-order valence-corrected chi connectivity index (χ4v) is 2.31. The summed E-state index contributed by atoms with van der Waals surface area (Å²) in [6.07, 6.45) is 2.60.